The molecule has 56 heavy (non-hydrogen) atoms. The number of hydrogen-bond acceptors (Lipinski definition) is 2. The van der Waals surface area contributed by atoms with Crippen LogP contribution in [0.2, 0.25) is 0 Å². The fourth-order valence-electron chi connectivity index (χ4n) is 9.01. The molecular formula is C52H48BN2S. The molecule has 2 aromatic heterocycles. The molecule has 3 heterocycles. The van der Waals surface area contributed by atoms with Crippen LogP contribution in [-0.4, -0.2) is 11.8 Å². The molecule has 0 saturated heterocycles. The smallest absolute Gasteiger partial charge is 0.197 e. The van der Waals surface area contributed by atoms with Gasteiger partial charge in [-0.25, -0.2) is 0 Å². The third-order valence-electron chi connectivity index (χ3n) is 12.0. The lowest BCUT2D eigenvalue weighted by molar-refractivity contribution is 0.590. The maximum Gasteiger partial charge on any atom is 0.197 e. The van der Waals surface area contributed by atoms with Gasteiger partial charge in [0.15, 0.2) is 7.28 Å². The minimum Gasteiger partial charge on any atom is -0.355 e. The first-order chi connectivity index (χ1) is 26.6. The van der Waals surface area contributed by atoms with Crippen LogP contribution in [0, 0.1) is 0 Å². The van der Waals surface area contributed by atoms with E-state index >= 15 is 0 Å². The number of nitrogens with one attached hydrogen (secondary N) is 1. The highest BCUT2D eigenvalue weighted by molar-refractivity contribution is 7.25. The average Bonchev–Trinajstić information content (AvgIpc) is 3.70. The molecule has 10 rings (SSSR count). The number of thiophene rings is 1. The molecule has 1 aliphatic heterocycles. The van der Waals surface area contributed by atoms with Gasteiger partial charge in [0.05, 0.1) is 5.52 Å². The van der Waals surface area contributed by atoms with E-state index in [4.69, 9.17) is 0 Å². The molecule has 4 heteroatoms. The van der Waals surface area contributed by atoms with E-state index in [1.54, 1.807) is 0 Å². The predicted molar refractivity (Wildman–Crippen MR) is 247 cm³/mol. The number of hydrogen-bond donors (Lipinski definition) is 1. The summed E-state index contributed by atoms with van der Waals surface area (Å²) in [5.74, 6) is 0. The first-order valence-corrected chi connectivity index (χ1v) is 20.8. The van der Waals surface area contributed by atoms with E-state index in [0.717, 1.165) is 11.4 Å². The molecule has 2 nitrogen and oxygen atoms in total. The largest absolute Gasteiger partial charge is 0.355 e. The van der Waals surface area contributed by atoms with Crippen molar-refractivity contribution in [3.05, 3.63) is 138 Å². The lowest BCUT2D eigenvalue weighted by atomic mass is 9.57. The highest BCUT2D eigenvalue weighted by Crippen LogP contribution is 2.47. The van der Waals surface area contributed by atoms with Crippen molar-refractivity contribution in [2.75, 3.05) is 5.32 Å². The zero-order valence-corrected chi connectivity index (χ0v) is 34.8. The fourth-order valence-corrected chi connectivity index (χ4v) is 10.1. The van der Waals surface area contributed by atoms with Gasteiger partial charge in [0.1, 0.15) is 0 Å². The molecule has 0 amide bonds. The Morgan fingerprint density at radius 2 is 1.25 bits per heavy atom. The molecule has 0 aliphatic carbocycles. The highest BCUT2D eigenvalue weighted by atomic mass is 32.1. The molecule has 7 aromatic carbocycles. The summed E-state index contributed by atoms with van der Waals surface area (Å²) in [6, 6.07) is 46.0. The molecule has 0 atom stereocenters. The Balaban J connectivity index is 1.34. The van der Waals surface area contributed by atoms with Crippen LogP contribution in [-0.2, 0) is 16.2 Å². The quantitative estimate of drug-likeness (QED) is 0.178. The molecule has 9 aromatic rings. The summed E-state index contributed by atoms with van der Waals surface area (Å²) in [5.41, 5.74) is 15.1. The second-order valence-electron chi connectivity index (χ2n) is 19.0. The van der Waals surface area contributed by atoms with Crippen LogP contribution in [0.15, 0.2) is 121 Å². The number of fused-ring (bicyclic) bond motifs is 10. The molecule has 1 radical (unpaired) electrons. The molecular weight excluding hydrogens is 695 g/mol. The topological polar surface area (TPSA) is 17.0 Å². The van der Waals surface area contributed by atoms with Crippen LogP contribution in [0.25, 0.3) is 69.6 Å². The fraction of sp³-hybridized carbons (Fsp3) is 0.231. The van der Waals surface area contributed by atoms with Crippen LogP contribution in [0.1, 0.15) is 79.0 Å². The summed E-state index contributed by atoms with van der Waals surface area (Å²) in [4.78, 5) is 0. The van der Waals surface area contributed by atoms with Crippen LogP contribution in [0.4, 0.5) is 11.4 Å². The minimum absolute atomic E-state index is 0.0248. The maximum absolute atomic E-state index is 3.96. The average molecular weight is 744 g/mol. The van der Waals surface area contributed by atoms with Gasteiger partial charge in [0.2, 0.25) is 0 Å². The Labute approximate surface area is 335 Å². The summed E-state index contributed by atoms with van der Waals surface area (Å²) in [6.45, 7) is 20.9. The molecule has 275 valence electrons. The summed E-state index contributed by atoms with van der Waals surface area (Å²) in [5, 5.41) is 11.9. The molecule has 0 fully saturated rings. The van der Waals surface area contributed by atoms with Crippen molar-refractivity contribution < 1.29 is 0 Å². The van der Waals surface area contributed by atoms with Gasteiger partial charge >= 0.3 is 0 Å². The first kappa shape index (κ1) is 35.1. The Hall–Kier alpha value is -5.32. The SMILES string of the molecule is CC(C)(C)c1ccc(Nc2cc3sc4ccccc4c3cc2-c2cc(C(C)(C)C)c3c4c5ccccc5ccc4n4c3c2[B]c2cc(C(C)(C)C)ccc2-4)cc1. The van der Waals surface area contributed by atoms with Gasteiger partial charge in [-0.2, -0.15) is 0 Å². The Bertz CT molecular complexity index is 3070. The normalized spacial score (nSPS) is 13.2. The van der Waals surface area contributed by atoms with Crippen molar-refractivity contribution in [1.82, 2.24) is 4.57 Å². The Morgan fingerprint density at radius 3 is 1.98 bits per heavy atom. The Kier molecular flexibility index (Phi) is 7.58. The molecule has 1 aliphatic rings. The van der Waals surface area contributed by atoms with Gasteiger partial charge in [-0.1, -0.05) is 147 Å². The zero-order valence-electron chi connectivity index (χ0n) is 34.0. The van der Waals surface area contributed by atoms with Crippen LogP contribution in [0.5, 0.6) is 0 Å². The van der Waals surface area contributed by atoms with Crippen LogP contribution in [0.3, 0.4) is 0 Å². The van der Waals surface area contributed by atoms with Gasteiger partial charge in [-0.15, -0.1) is 11.3 Å². The Morgan fingerprint density at radius 1 is 0.554 bits per heavy atom. The molecule has 0 saturated carbocycles. The summed E-state index contributed by atoms with van der Waals surface area (Å²) in [6.07, 6.45) is 0. The minimum atomic E-state index is -0.130. The summed E-state index contributed by atoms with van der Waals surface area (Å²) >= 11 is 1.88. The molecule has 0 spiro atoms. The monoisotopic (exact) mass is 743 g/mol. The summed E-state index contributed by atoms with van der Waals surface area (Å²) < 4.78 is 5.19. The molecule has 1 N–H and O–H groups in total. The van der Waals surface area contributed by atoms with E-state index in [2.05, 4.69) is 201 Å². The van der Waals surface area contributed by atoms with Crippen molar-refractivity contribution in [2.24, 2.45) is 0 Å². The zero-order chi connectivity index (χ0) is 38.9. The molecule has 0 bridgehead atoms. The van der Waals surface area contributed by atoms with Crippen molar-refractivity contribution in [2.45, 2.75) is 78.6 Å². The van der Waals surface area contributed by atoms with E-state index < -0.39 is 0 Å². The number of rotatable bonds is 3. The lowest BCUT2D eigenvalue weighted by Crippen LogP contribution is -2.38. The summed E-state index contributed by atoms with van der Waals surface area (Å²) in [7, 11) is 2.49. The van der Waals surface area contributed by atoms with E-state index in [-0.39, 0.29) is 16.2 Å². The second kappa shape index (κ2) is 12.1. The van der Waals surface area contributed by atoms with Crippen LogP contribution < -0.4 is 16.2 Å². The lowest BCUT2D eigenvalue weighted by Gasteiger charge is -2.29. The number of benzene rings is 7. The van der Waals surface area contributed by atoms with E-state index in [1.165, 1.54) is 97.2 Å². The predicted octanol–water partition coefficient (Wildman–Crippen LogP) is 13.6. The van der Waals surface area contributed by atoms with Gasteiger partial charge in [0, 0.05) is 59.1 Å². The van der Waals surface area contributed by atoms with E-state index in [0.29, 0.717) is 0 Å². The number of nitrogens with zero attached hydrogens (tertiary/aromatic N) is 1. The second-order valence-corrected chi connectivity index (χ2v) is 20.1. The van der Waals surface area contributed by atoms with Gasteiger partial charge in [-0.05, 0) is 97.2 Å². The third-order valence-corrected chi connectivity index (χ3v) is 13.2. The van der Waals surface area contributed by atoms with Crippen molar-refractivity contribution in [3.63, 3.8) is 0 Å². The van der Waals surface area contributed by atoms with Crippen LogP contribution >= 0.6 is 11.3 Å². The number of aromatic nitrogens is 1. The number of anilines is 2. The van der Waals surface area contributed by atoms with Gasteiger partial charge < -0.3 is 9.88 Å². The third kappa shape index (κ3) is 5.44. The van der Waals surface area contributed by atoms with Crippen molar-refractivity contribution >= 4 is 93.7 Å². The molecule has 0 unspecified atom stereocenters. The van der Waals surface area contributed by atoms with Crippen molar-refractivity contribution in [3.8, 4) is 16.8 Å². The first-order valence-electron chi connectivity index (χ1n) is 20.0. The standard InChI is InChI=1S/C52H48BN2S/c1-50(2,3)31-19-22-33(23-20-31)54-41-29-45-37(35-16-12-13-17-44(35)56-45)27-36(41)38-28-39(52(7,8)9)47-46-34-15-11-10-14-30(34)18-24-43(46)55-42-25-21-32(51(4,5)6)26-40(42)53-48(38)49(47)55/h10-29,54H,1-9H3. The van der Waals surface area contributed by atoms with Gasteiger partial charge in [0.25, 0.3) is 0 Å². The van der Waals surface area contributed by atoms with E-state index in [9.17, 15) is 0 Å². The van der Waals surface area contributed by atoms with E-state index in [1.807, 2.05) is 11.3 Å². The van der Waals surface area contributed by atoms with Crippen molar-refractivity contribution in [1.29, 1.82) is 0 Å². The highest BCUT2D eigenvalue weighted by Gasteiger charge is 2.33. The van der Waals surface area contributed by atoms with Gasteiger partial charge in [-0.3, -0.25) is 0 Å². The maximum atomic E-state index is 3.96.